The molecule has 1 saturated heterocycles. The molecule has 1 aliphatic heterocycles. The Kier molecular flexibility index (Phi) is 12.6. The minimum Gasteiger partial charge on any atom is -0.406 e. The summed E-state index contributed by atoms with van der Waals surface area (Å²) >= 11 is 0. The zero-order chi connectivity index (χ0) is 32.5. The van der Waals surface area contributed by atoms with Crippen LogP contribution in [0.1, 0.15) is 25.8 Å². The van der Waals surface area contributed by atoms with Crippen LogP contribution in [0, 0.1) is 11.8 Å². The molecule has 1 amide bonds. The van der Waals surface area contributed by atoms with Gasteiger partial charge in [0.15, 0.2) is 0 Å². The van der Waals surface area contributed by atoms with Crippen molar-refractivity contribution in [1.29, 1.82) is 0 Å². The number of nitrogens with zero attached hydrogens (tertiary/aromatic N) is 1. The van der Waals surface area contributed by atoms with E-state index in [4.69, 9.17) is 4.74 Å². The molecule has 1 aliphatic rings. The zero-order valence-electron chi connectivity index (χ0n) is 24.4. The Labute approximate surface area is 255 Å². The lowest BCUT2D eigenvalue weighted by Crippen LogP contribution is -2.52. The molecular formula is C28H38F3N3O8S2. The summed E-state index contributed by atoms with van der Waals surface area (Å²) in [7, 11) is -8.09. The normalized spacial score (nSPS) is 17.5. The molecule has 2 aromatic carbocycles. The fraction of sp³-hybridized carbons (Fsp3) is 0.536. The molecule has 0 radical (unpaired) electrons. The molecule has 3 N–H and O–H groups in total. The largest absolute Gasteiger partial charge is 0.573 e. The number of hydrogen-bond acceptors (Lipinski definition) is 8. The number of carbonyl (C=O) groups is 1. The average molecular weight is 666 g/mol. The zero-order valence-corrected chi connectivity index (χ0v) is 26.0. The number of ether oxygens (including phenoxy) is 2. The van der Waals surface area contributed by atoms with Crippen molar-refractivity contribution in [3.05, 3.63) is 60.2 Å². The number of hydrogen-bond donors (Lipinski definition) is 3. The van der Waals surface area contributed by atoms with Crippen molar-refractivity contribution in [2.45, 2.75) is 50.1 Å². The highest BCUT2D eigenvalue weighted by atomic mass is 32.2. The molecule has 1 fully saturated rings. The van der Waals surface area contributed by atoms with Crippen LogP contribution < -0.4 is 14.8 Å². The van der Waals surface area contributed by atoms with Gasteiger partial charge in [0.1, 0.15) is 5.75 Å². The number of nitrogens with one attached hydrogen (secondary N) is 2. The second kappa shape index (κ2) is 15.5. The fourth-order valence-corrected chi connectivity index (χ4v) is 7.62. The highest BCUT2D eigenvalue weighted by Crippen LogP contribution is 2.26. The first-order chi connectivity index (χ1) is 20.5. The SMILES string of the molecule is CC(C)CN(C[C@@H](O)[C@H](Cc1ccccc1)NC(=O)CNS(=O)(=O)C[C@@H]1CCOC1)S(=O)(=O)c1ccc(OC(F)(F)F)cc1. The van der Waals surface area contributed by atoms with Crippen molar-refractivity contribution in [3.63, 3.8) is 0 Å². The van der Waals surface area contributed by atoms with Crippen LogP contribution in [0.4, 0.5) is 13.2 Å². The summed E-state index contributed by atoms with van der Waals surface area (Å²) in [4.78, 5) is 12.5. The lowest BCUT2D eigenvalue weighted by molar-refractivity contribution is -0.274. The number of alkyl halides is 3. The van der Waals surface area contributed by atoms with Crippen LogP contribution in [0.2, 0.25) is 0 Å². The number of aliphatic hydroxyl groups is 1. The lowest BCUT2D eigenvalue weighted by atomic mass is 10.0. The minimum absolute atomic E-state index is 0.0448. The van der Waals surface area contributed by atoms with Crippen LogP contribution in [-0.2, 0) is 36.0 Å². The molecule has 1 heterocycles. The van der Waals surface area contributed by atoms with E-state index in [9.17, 15) is 39.9 Å². The maximum absolute atomic E-state index is 13.5. The van der Waals surface area contributed by atoms with E-state index in [2.05, 4.69) is 14.8 Å². The van der Waals surface area contributed by atoms with Crippen LogP contribution >= 0.6 is 0 Å². The molecule has 0 saturated carbocycles. The molecule has 2 aromatic rings. The quantitative estimate of drug-likeness (QED) is 0.247. The van der Waals surface area contributed by atoms with Crippen LogP contribution in [-0.4, -0.2) is 89.3 Å². The van der Waals surface area contributed by atoms with Crippen molar-refractivity contribution < 1.29 is 49.4 Å². The fourth-order valence-electron chi connectivity index (χ4n) is 4.64. The predicted octanol–water partition coefficient (Wildman–Crippen LogP) is 2.28. The van der Waals surface area contributed by atoms with E-state index in [0.29, 0.717) is 19.6 Å². The summed E-state index contributed by atoms with van der Waals surface area (Å²) in [5.41, 5.74) is 0.720. The lowest BCUT2D eigenvalue weighted by Gasteiger charge is -2.31. The first kappa shape index (κ1) is 35.7. The summed E-state index contributed by atoms with van der Waals surface area (Å²) in [5, 5.41) is 13.9. The van der Waals surface area contributed by atoms with Crippen molar-refractivity contribution in [2.75, 3.05) is 38.6 Å². The van der Waals surface area contributed by atoms with Gasteiger partial charge in [-0.15, -0.1) is 13.2 Å². The Morgan fingerprint density at radius 1 is 1.07 bits per heavy atom. The van der Waals surface area contributed by atoms with Crippen molar-refractivity contribution in [3.8, 4) is 5.75 Å². The van der Waals surface area contributed by atoms with Gasteiger partial charge in [0, 0.05) is 19.7 Å². The van der Waals surface area contributed by atoms with Gasteiger partial charge in [-0.1, -0.05) is 44.2 Å². The Morgan fingerprint density at radius 2 is 1.73 bits per heavy atom. The highest BCUT2D eigenvalue weighted by molar-refractivity contribution is 7.89. The van der Waals surface area contributed by atoms with E-state index in [1.165, 1.54) is 0 Å². The van der Waals surface area contributed by atoms with Crippen LogP contribution in [0.3, 0.4) is 0 Å². The van der Waals surface area contributed by atoms with Gasteiger partial charge in [0.2, 0.25) is 26.0 Å². The standard InChI is InChI=1S/C28H38F3N3O8S2/c1-20(2)16-34(44(39,40)24-10-8-23(9-11-24)42-28(29,30)31)17-26(35)25(14-21-6-4-3-5-7-21)33-27(36)15-32-43(37,38)19-22-12-13-41-18-22/h3-11,20,22,25-26,32,35H,12-19H2,1-2H3,(H,33,36)/t22-,25+,26-/m1/s1. The molecule has 246 valence electrons. The predicted molar refractivity (Wildman–Crippen MR) is 156 cm³/mol. The smallest absolute Gasteiger partial charge is 0.406 e. The Bertz CT molecular complexity index is 1420. The molecule has 3 atom stereocenters. The molecule has 0 aliphatic carbocycles. The van der Waals surface area contributed by atoms with Crippen LogP contribution in [0.15, 0.2) is 59.5 Å². The van der Waals surface area contributed by atoms with Gasteiger partial charge in [-0.25, -0.2) is 21.6 Å². The van der Waals surface area contributed by atoms with Gasteiger partial charge in [-0.2, -0.15) is 4.31 Å². The molecule has 16 heteroatoms. The Hall–Kier alpha value is -2.76. The molecule has 3 rings (SSSR count). The number of halogens is 3. The van der Waals surface area contributed by atoms with E-state index < -0.39 is 63.3 Å². The third-order valence-electron chi connectivity index (χ3n) is 6.70. The first-order valence-electron chi connectivity index (χ1n) is 14.0. The number of carbonyl (C=O) groups excluding carboxylic acids is 1. The van der Waals surface area contributed by atoms with Gasteiger partial charge in [-0.3, -0.25) is 4.79 Å². The van der Waals surface area contributed by atoms with Crippen molar-refractivity contribution in [2.24, 2.45) is 11.8 Å². The van der Waals surface area contributed by atoms with Crippen molar-refractivity contribution >= 4 is 26.0 Å². The third-order valence-corrected chi connectivity index (χ3v) is 10.0. The van der Waals surface area contributed by atoms with E-state index in [1.54, 1.807) is 44.2 Å². The minimum atomic E-state index is -4.95. The number of amides is 1. The van der Waals surface area contributed by atoms with Gasteiger partial charge >= 0.3 is 6.36 Å². The summed E-state index contributed by atoms with van der Waals surface area (Å²) in [6.07, 6.45) is -5.71. The second-order valence-electron chi connectivity index (χ2n) is 11.0. The van der Waals surface area contributed by atoms with Gasteiger partial charge in [0.25, 0.3) is 0 Å². The average Bonchev–Trinajstić information content (AvgIpc) is 3.43. The number of sulfonamides is 2. The van der Waals surface area contributed by atoms with E-state index in [1.807, 2.05) is 0 Å². The summed E-state index contributed by atoms with van der Waals surface area (Å²) in [5.74, 6) is -1.89. The maximum Gasteiger partial charge on any atom is 0.573 e. The summed E-state index contributed by atoms with van der Waals surface area (Å²) < 4.78 is 102. The number of aliphatic hydroxyl groups excluding tert-OH is 1. The topological polar surface area (TPSA) is 151 Å². The second-order valence-corrected chi connectivity index (χ2v) is 14.8. The van der Waals surface area contributed by atoms with E-state index in [0.717, 1.165) is 34.1 Å². The van der Waals surface area contributed by atoms with Crippen LogP contribution in [0.5, 0.6) is 5.75 Å². The molecule has 11 nitrogen and oxygen atoms in total. The molecule has 0 bridgehead atoms. The summed E-state index contributed by atoms with van der Waals surface area (Å²) in [6, 6.07) is 11.5. The third kappa shape index (κ3) is 11.6. The molecular weight excluding hydrogens is 627 g/mol. The molecule has 0 aromatic heterocycles. The Balaban J connectivity index is 1.76. The van der Waals surface area contributed by atoms with E-state index in [-0.39, 0.29) is 35.4 Å². The number of rotatable bonds is 16. The molecule has 44 heavy (non-hydrogen) atoms. The molecule has 0 unspecified atom stereocenters. The molecule has 0 spiro atoms. The van der Waals surface area contributed by atoms with Gasteiger partial charge in [0.05, 0.1) is 35.9 Å². The highest BCUT2D eigenvalue weighted by Gasteiger charge is 2.33. The number of benzene rings is 2. The van der Waals surface area contributed by atoms with Gasteiger partial charge in [-0.05, 0) is 54.5 Å². The van der Waals surface area contributed by atoms with Gasteiger partial charge < -0.3 is 19.9 Å². The summed E-state index contributed by atoms with van der Waals surface area (Å²) in [6.45, 7) is 3.20. The Morgan fingerprint density at radius 3 is 2.30 bits per heavy atom. The maximum atomic E-state index is 13.5. The van der Waals surface area contributed by atoms with E-state index >= 15 is 0 Å². The van der Waals surface area contributed by atoms with Crippen molar-refractivity contribution in [1.82, 2.24) is 14.3 Å². The van der Waals surface area contributed by atoms with Crippen LogP contribution in [0.25, 0.3) is 0 Å². The first-order valence-corrected chi connectivity index (χ1v) is 17.1. The monoisotopic (exact) mass is 665 g/mol.